The number of hydrogen-bond acceptors (Lipinski definition) is 11. The van der Waals surface area contributed by atoms with Gasteiger partial charge in [-0.1, -0.05) is 13.8 Å². The Bertz CT molecular complexity index is 569. The van der Waals surface area contributed by atoms with E-state index in [1.807, 2.05) is 13.8 Å². The molecule has 0 aromatic rings. The van der Waals surface area contributed by atoms with Gasteiger partial charge < -0.3 is 24.3 Å². The molecule has 0 bridgehead atoms. The molecule has 0 saturated heterocycles. The third-order valence-corrected chi connectivity index (χ3v) is 5.55. The van der Waals surface area contributed by atoms with Crippen LogP contribution in [0.15, 0.2) is 0 Å². The second-order valence-electron chi connectivity index (χ2n) is 7.09. The normalized spacial score (nSPS) is 11.9. The van der Waals surface area contributed by atoms with Crippen molar-refractivity contribution in [2.24, 2.45) is 0 Å². The summed E-state index contributed by atoms with van der Waals surface area (Å²) in [4.78, 5) is 46.9. The molecule has 0 aromatic carbocycles. The van der Waals surface area contributed by atoms with Crippen molar-refractivity contribution < 1.29 is 38.1 Å². The molecule has 0 spiro atoms. The van der Waals surface area contributed by atoms with Crippen LogP contribution in [0.4, 0.5) is 19.2 Å². The maximum atomic E-state index is 11.9. The van der Waals surface area contributed by atoms with E-state index < -0.39 is 33.7 Å². The van der Waals surface area contributed by atoms with Crippen LogP contribution in [0.1, 0.15) is 47.5 Å². The smallest absolute Gasteiger partial charge is 0.407 e. The first kappa shape index (κ1) is 29.7. The first-order valence-electron chi connectivity index (χ1n) is 9.96. The van der Waals surface area contributed by atoms with Crippen molar-refractivity contribution in [2.75, 3.05) is 37.0 Å². The van der Waals surface area contributed by atoms with Gasteiger partial charge in [0.1, 0.15) is 18.8 Å². The second kappa shape index (κ2) is 17.3. The predicted molar refractivity (Wildman–Crippen MR) is 125 cm³/mol. The lowest BCUT2D eigenvalue weighted by atomic mass is 10.2. The van der Waals surface area contributed by atoms with Crippen LogP contribution in [0.25, 0.3) is 0 Å². The van der Waals surface area contributed by atoms with Gasteiger partial charge in [-0.05, 0) is 68.9 Å². The summed E-state index contributed by atoms with van der Waals surface area (Å²) >= 11 is 2.89. The number of hydrogen-bond donors (Lipinski definition) is 1. The molecule has 0 aliphatic heterocycles. The number of carbonyl (C=O) groups is 4. The van der Waals surface area contributed by atoms with Crippen LogP contribution in [0.5, 0.6) is 0 Å². The largest absolute Gasteiger partial charge is 0.453 e. The highest BCUT2D eigenvalue weighted by Gasteiger charge is 2.20. The molecule has 31 heavy (non-hydrogen) atoms. The van der Waals surface area contributed by atoms with Gasteiger partial charge in [0.2, 0.25) is 0 Å². The van der Waals surface area contributed by atoms with E-state index in [9.17, 15) is 19.2 Å². The lowest BCUT2D eigenvalue weighted by molar-refractivity contribution is 0.0277. The summed E-state index contributed by atoms with van der Waals surface area (Å²) < 4.78 is 20.5. The Morgan fingerprint density at radius 3 is 1.77 bits per heavy atom. The van der Waals surface area contributed by atoms with E-state index in [0.717, 1.165) is 48.1 Å². The summed E-state index contributed by atoms with van der Waals surface area (Å²) in [5.41, 5.74) is -0.601. The van der Waals surface area contributed by atoms with E-state index in [4.69, 9.17) is 18.9 Å². The third kappa shape index (κ3) is 19.2. The van der Waals surface area contributed by atoms with Gasteiger partial charge in [0.25, 0.3) is 0 Å². The van der Waals surface area contributed by atoms with Crippen molar-refractivity contribution in [1.29, 1.82) is 0 Å². The topological polar surface area (TPSA) is 117 Å². The van der Waals surface area contributed by atoms with Crippen molar-refractivity contribution in [3.63, 3.8) is 0 Å². The van der Waals surface area contributed by atoms with Crippen LogP contribution < -0.4 is 5.32 Å². The molecule has 0 aliphatic rings. The zero-order valence-corrected chi connectivity index (χ0v) is 21.2. The molecule has 1 amide bonds. The molecule has 0 radical (unpaired) electrons. The Morgan fingerprint density at radius 1 is 0.806 bits per heavy atom. The van der Waals surface area contributed by atoms with Gasteiger partial charge in [-0.3, -0.25) is 0 Å². The van der Waals surface area contributed by atoms with E-state index in [0.29, 0.717) is 11.5 Å². The van der Waals surface area contributed by atoms with Gasteiger partial charge in [0, 0.05) is 23.8 Å². The minimum atomic E-state index is -0.896. The molecule has 0 heterocycles. The molecule has 1 N–H and O–H groups in total. The average Bonchev–Trinajstić information content (AvgIpc) is 2.68. The van der Waals surface area contributed by atoms with Gasteiger partial charge in [-0.2, -0.15) is 0 Å². The monoisotopic (exact) mass is 499 g/mol. The fraction of sp³-hybridized carbons (Fsp3) is 0.789. The predicted octanol–water partition coefficient (Wildman–Crippen LogP) is 5.31. The van der Waals surface area contributed by atoms with Crippen LogP contribution in [-0.4, -0.2) is 70.7 Å². The summed E-state index contributed by atoms with van der Waals surface area (Å²) in [5, 5.41) is 0.942. The molecule has 0 aliphatic carbocycles. The van der Waals surface area contributed by atoms with Crippen LogP contribution >= 0.6 is 35.3 Å². The summed E-state index contributed by atoms with van der Waals surface area (Å²) in [6, 6.07) is 0. The minimum Gasteiger partial charge on any atom is -0.453 e. The molecule has 12 heteroatoms. The number of nitrogens with one attached hydrogen (secondary N) is 1. The first-order chi connectivity index (χ1) is 14.6. The van der Waals surface area contributed by atoms with E-state index in [1.165, 1.54) is 0 Å². The Labute approximate surface area is 196 Å². The fourth-order valence-electron chi connectivity index (χ4n) is 1.66. The maximum absolute atomic E-state index is 11.9. The van der Waals surface area contributed by atoms with Crippen molar-refractivity contribution >= 4 is 57.3 Å². The maximum Gasteiger partial charge on any atom is 0.407 e. The molecule has 9 nitrogen and oxygen atoms in total. The fourth-order valence-corrected chi connectivity index (χ4v) is 3.28. The number of rotatable bonds is 12. The van der Waals surface area contributed by atoms with Gasteiger partial charge >= 0.3 is 22.0 Å². The highest BCUT2D eigenvalue weighted by Crippen LogP contribution is 2.13. The highest BCUT2D eigenvalue weighted by atomic mass is 32.2. The Balaban J connectivity index is 4.34. The molecule has 0 saturated carbocycles. The number of ether oxygens (including phenoxy) is 4. The summed E-state index contributed by atoms with van der Waals surface area (Å²) in [6.07, 6.45) is 0.160. The standard InChI is InChI=1S/C19H33NO8S3/c1-6-9-29-16(22)25-12-14(27-18(24)30-10-7-2)13-26-17(23)31-11-8-20-15(21)28-19(3,4)5/h14H,6-13H2,1-5H3,(H,20,21). The molecule has 1 atom stereocenters. The zero-order valence-electron chi connectivity index (χ0n) is 18.7. The van der Waals surface area contributed by atoms with Crippen molar-refractivity contribution in [1.82, 2.24) is 5.32 Å². The van der Waals surface area contributed by atoms with Gasteiger partial charge in [-0.15, -0.1) is 0 Å². The Kier molecular flexibility index (Phi) is 16.6. The van der Waals surface area contributed by atoms with Crippen LogP contribution in [0.2, 0.25) is 0 Å². The van der Waals surface area contributed by atoms with E-state index in [2.05, 4.69) is 5.32 Å². The summed E-state index contributed by atoms with van der Waals surface area (Å²) in [6.45, 7) is 8.90. The molecule has 0 fully saturated rings. The van der Waals surface area contributed by atoms with E-state index in [1.54, 1.807) is 20.8 Å². The lowest BCUT2D eigenvalue weighted by Crippen LogP contribution is -2.33. The molecule has 0 rings (SSSR count). The van der Waals surface area contributed by atoms with Crippen LogP contribution in [0.3, 0.4) is 0 Å². The third-order valence-electron chi connectivity index (χ3n) is 2.88. The summed E-state index contributed by atoms with van der Waals surface area (Å²) in [5.74, 6) is 1.49. The van der Waals surface area contributed by atoms with E-state index >= 15 is 0 Å². The first-order valence-corrected chi connectivity index (χ1v) is 12.9. The number of alkyl carbamates (subject to hydrolysis) is 1. The highest BCUT2D eigenvalue weighted by molar-refractivity contribution is 8.13. The molecule has 0 aromatic heterocycles. The minimum absolute atomic E-state index is 0.202. The summed E-state index contributed by atoms with van der Waals surface area (Å²) in [7, 11) is 0. The zero-order chi connectivity index (χ0) is 23.7. The van der Waals surface area contributed by atoms with Crippen molar-refractivity contribution in [3.8, 4) is 0 Å². The quantitative estimate of drug-likeness (QED) is 0.214. The van der Waals surface area contributed by atoms with E-state index in [-0.39, 0.29) is 25.5 Å². The van der Waals surface area contributed by atoms with Crippen molar-refractivity contribution in [2.45, 2.75) is 59.2 Å². The van der Waals surface area contributed by atoms with Crippen LogP contribution in [0, 0.1) is 0 Å². The van der Waals surface area contributed by atoms with Crippen LogP contribution in [-0.2, 0) is 18.9 Å². The second-order valence-corrected chi connectivity index (χ2v) is 10.2. The molecular formula is C19H33NO8S3. The van der Waals surface area contributed by atoms with Crippen molar-refractivity contribution in [3.05, 3.63) is 0 Å². The average molecular weight is 500 g/mol. The molecule has 1 unspecified atom stereocenters. The number of thioether (sulfide) groups is 3. The Morgan fingerprint density at radius 2 is 1.29 bits per heavy atom. The van der Waals surface area contributed by atoms with Gasteiger partial charge in [0.15, 0.2) is 6.10 Å². The molecular weight excluding hydrogens is 466 g/mol. The molecule has 180 valence electrons. The van der Waals surface area contributed by atoms with Gasteiger partial charge in [0.05, 0.1) is 0 Å². The number of carbonyl (C=O) groups excluding carboxylic acids is 4. The SMILES string of the molecule is CCCSC(=O)OCC(COC(=O)SCCNC(=O)OC(C)(C)C)OC(=O)SCCC. The number of amides is 1. The van der Waals surface area contributed by atoms with Gasteiger partial charge in [-0.25, -0.2) is 19.2 Å². The Hall–Kier alpha value is -1.27. The lowest BCUT2D eigenvalue weighted by Gasteiger charge is -2.19.